The minimum Gasteiger partial charge on any atom is -0.492 e. The fourth-order valence-electron chi connectivity index (χ4n) is 2.49. The molecule has 0 aliphatic carbocycles. The molecule has 0 saturated carbocycles. The molecule has 0 spiro atoms. The number of aliphatic carboxylic acids is 1. The van der Waals surface area contributed by atoms with Crippen LogP contribution in [0.2, 0.25) is 0 Å². The van der Waals surface area contributed by atoms with Gasteiger partial charge in [-0.3, -0.25) is 4.79 Å². The van der Waals surface area contributed by atoms with Crippen LogP contribution >= 0.6 is 0 Å². The number of ether oxygens (including phenoxy) is 1. The van der Waals surface area contributed by atoms with Gasteiger partial charge in [-0.25, -0.2) is 4.79 Å². The fraction of sp³-hybridized carbons (Fsp3) is 0.467. The lowest BCUT2D eigenvalue weighted by Gasteiger charge is -2.29. The molecule has 1 aromatic rings. The zero-order valence-electron chi connectivity index (χ0n) is 11.7. The van der Waals surface area contributed by atoms with E-state index in [1.54, 1.807) is 13.8 Å². The minimum atomic E-state index is -1.20. The summed E-state index contributed by atoms with van der Waals surface area (Å²) in [5.74, 6) is -1.03. The first-order chi connectivity index (χ1) is 9.54. The lowest BCUT2D eigenvalue weighted by molar-refractivity contribution is -0.148. The van der Waals surface area contributed by atoms with Gasteiger partial charge in [-0.05, 0) is 18.9 Å². The van der Waals surface area contributed by atoms with Crippen LogP contribution in [0.1, 0.15) is 38.2 Å². The number of rotatable bonds is 5. The fourth-order valence-corrected chi connectivity index (χ4v) is 2.49. The SMILES string of the molecule is CCC(CC)(NC(=O)C1COc2ccccc21)C(=O)O. The number of nitrogens with one attached hydrogen (secondary N) is 1. The first-order valence-electron chi connectivity index (χ1n) is 6.81. The molecular formula is C15H19NO4. The number of amides is 1. The number of hydrogen-bond donors (Lipinski definition) is 2. The molecule has 5 nitrogen and oxygen atoms in total. The molecule has 1 heterocycles. The van der Waals surface area contributed by atoms with E-state index >= 15 is 0 Å². The van der Waals surface area contributed by atoms with Gasteiger partial charge in [0, 0.05) is 5.56 Å². The smallest absolute Gasteiger partial charge is 0.329 e. The highest BCUT2D eigenvalue weighted by molar-refractivity contribution is 5.91. The zero-order chi connectivity index (χ0) is 14.8. The van der Waals surface area contributed by atoms with Gasteiger partial charge in [-0.1, -0.05) is 32.0 Å². The van der Waals surface area contributed by atoms with Crippen LogP contribution in [0.4, 0.5) is 0 Å². The minimum absolute atomic E-state index is 0.258. The number of para-hydroxylation sites is 1. The maximum absolute atomic E-state index is 12.4. The molecule has 2 rings (SSSR count). The number of benzene rings is 1. The van der Waals surface area contributed by atoms with Gasteiger partial charge in [0.05, 0.1) is 0 Å². The lowest BCUT2D eigenvalue weighted by Crippen LogP contribution is -2.55. The van der Waals surface area contributed by atoms with Crippen molar-refractivity contribution < 1.29 is 19.4 Å². The first kappa shape index (κ1) is 14.4. The molecule has 108 valence electrons. The molecule has 0 fully saturated rings. The summed E-state index contributed by atoms with van der Waals surface area (Å²) in [6.45, 7) is 3.78. The van der Waals surface area contributed by atoms with E-state index in [4.69, 9.17) is 4.74 Å². The van der Waals surface area contributed by atoms with E-state index in [1.165, 1.54) is 0 Å². The molecular weight excluding hydrogens is 258 g/mol. The monoisotopic (exact) mass is 277 g/mol. The van der Waals surface area contributed by atoms with Crippen molar-refractivity contribution in [2.45, 2.75) is 38.1 Å². The molecule has 1 aromatic carbocycles. The third-order valence-corrected chi connectivity index (χ3v) is 4.00. The Bertz CT molecular complexity index is 522. The third-order valence-electron chi connectivity index (χ3n) is 4.00. The predicted molar refractivity (Wildman–Crippen MR) is 73.8 cm³/mol. The van der Waals surface area contributed by atoms with Gasteiger partial charge in [0.25, 0.3) is 0 Å². The Morgan fingerprint density at radius 3 is 2.60 bits per heavy atom. The third kappa shape index (κ3) is 2.35. The van der Waals surface area contributed by atoms with Gasteiger partial charge in [0.2, 0.25) is 5.91 Å². The first-order valence-corrected chi connectivity index (χ1v) is 6.81. The van der Waals surface area contributed by atoms with Crippen molar-refractivity contribution >= 4 is 11.9 Å². The number of carboxylic acid groups (broad SMARTS) is 1. The Kier molecular flexibility index (Phi) is 3.97. The van der Waals surface area contributed by atoms with Crippen LogP contribution in [-0.2, 0) is 9.59 Å². The van der Waals surface area contributed by atoms with Gasteiger partial charge < -0.3 is 15.2 Å². The molecule has 1 atom stereocenters. The molecule has 1 unspecified atom stereocenters. The molecule has 5 heteroatoms. The van der Waals surface area contributed by atoms with Crippen LogP contribution in [0.5, 0.6) is 5.75 Å². The summed E-state index contributed by atoms with van der Waals surface area (Å²) < 4.78 is 5.47. The van der Waals surface area contributed by atoms with Crippen LogP contribution in [0.15, 0.2) is 24.3 Å². The van der Waals surface area contributed by atoms with Crippen LogP contribution in [-0.4, -0.2) is 29.1 Å². The van der Waals surface area contributed by atoms with Crippen LogP contribution in [0.3, 0.4) is 0 Å². The van der Waals surface area contributed by atoms with Crippen molar-refractivity contribution in [1.29, 1.82) is 0 Å². The van der Waals surface area contributed by atoms with Gasteiger partial charge in [0.1, 0.15) is 23.8 Å². The molecule has 20 heavy (non-hydrogen) atoms. The van der Waals surface area contributed by atoms with Gasteiger partial charge in [-0.2, -0.15) is 0 Å². The molecule has 2 N–H and O–H groups in total. The van der Waals surface area contributed by atoms with Crippen molar-refractivity contribution in [2.75, 3.05) is 6.61 Å². The molecule has 0 radical (unpaired) electrons. The van der Waals surface area contributed by atoms with Gasteiger partial charge >= 0.3 is 5.97 Å². The number of carboxylic acids is 1. The normalized spacial score (nSPS) is 17.2. The molecule has 0 aromatic heterocycles. The van der Waals surface area contributed by atoms with Crippen molar-refractivity contribution in [3.05, 3.63) is 29.8 Å². The van der Waals surface area contributed by atoms with E-state index in [0.29, 0.717) is 18.6 Å². The summed E-state index contributed by atoms with van der Waals surface area (Å²) >= 11 is 0. The Balaban J connectivity index is 2.19. The highest BCUT2D eigenvalue weighted by atomic mass is 16.5. The standard InChI is InChI=1S/C15H19NO4/c1-3-15(4-2,14(18)19)16-13(17)11-9-20-12-8-6-5-7-10(11)12/h5-8,11H,3-4,9H2,1-2H3,(H,16,17)(H,18,19). The van der Waals surface area contributed by atoms with Crippen molar-refractivity contribution in [2.24, 2.45) is 0 Å². The van der Waals surface area contributed by atoms with E-state index in [9.17, 15) is 14.7 Å². The quantitative estimate of drug-likeness (QED) is 0.862. The molecule has 0 saturated heterocycles. The zero-order valence-corrected chi connectivity index (χ0v) is 11.7. The van der Waals surface area contributed by atoms with Crippen molar-refractivity contribution in [1.82, 2.24) is 5.32 Å². The number of hydrogen-bond acceptors (Lipinski definition) is 3. The number of fused-ring (bicyclic) bond motifs is 1. The Hall–Kier alpha value is -2.04. The maximum Gasteiger partial charge on any atom is 0.329 e. The van der Waals surface area contributed by atoms with Crippen LogP contribution < -0.4 is 10.1 Å². The average molecular weight is 277 g/mol. The van der Waals surface area contributed by atoms with E-state index in [1.807, 2.05) is 24.3 Å². The van der Waals surface area contributed by atoms with Crippen molar-refractivity contribution in [3.63, 3.8) is 0 Å². The summed E-state index contributed by atoms with van der Waals surface area (Å²) in [5.41, 5.74) is -0.384. The summed E-state index contributed by atoms with van der Waals surface area (Å²) in [6.07, 6.45) is 0.694. The summed E-state index contributed by atoms with van der Waals surface area (Å²) in [4.78, 5) is 23.8. The van der Waals surface area contributed by atoms with Gasteiger partial charge in [-0.15, -0.1) is 0 Å². The topological polar surface area (TPSA) is 75.6 Å². The van der Waals surface area contributed by atoms with E-state index in [2.05, 4.69) is 5.32 Å². The lowest BCUT2D eigenvalue weighted by atomic mass is 9.91. The molecule has 1 aliphatic heterocycles. The van der Waals surface area contributed by atoms with Crippen molar-refractivity contribution in [3.8, 4) is 5.75 Å². The second-order valence-electron chi connectivity index (χ2n) is 4.99. The largest absolute Gasteiger partial charge is 0.492 e. The highest BCUT2D eigenvalue weighted by Crippen LogP contribution is 2.34. The summed E-state index contributed by atoms with van der Waals surface area (Å²) in [7, 11) is 0. The average Bonchev–Trinajstić information content (AvgIpc) is 2.88. The molecule has 0 bridgehead atoms. The molecule has 1 aliphatic rings. The van der Waals surface area contributed by atoms with E-state index < -0.39 is 17.4 Å². The highest BCUT2D eigenvalue weighted by Gasteiger charge is 2.40. The van der Waals surface area contributed by atoms with Crippen LogP contribution in [0, 0.1) is 0 Å². The molecule has 1 amide bonds. The summed E-state index contributed by atoms with van der Waals surface area (Å²) in [5, 5.41) is 12.1. The Morgan fingerprint density at radius 2 is 2.00 bits per heavy atom. The predicted octanol–water partition coefficient (Wildman–Crippen LogP) is 1.92. The second kappa shape index (κ2) is 5.53. The van der Waals surface area contributed by atoms with E-state index in [0.717, 1.165) is 5.56 Å². The summed E-state index contributed by atoms with van der Waals surface area (Å²) in [6, 6.07) is 7.34. The van der Waals surface area contributed by atoms with Crippen LogP contribution in [0.25, 0.3) is 0 Å². The Labute approximate surface area is 117 Å². The van der Waals surface area contributed by atoms with E-state index in [-0.39, 0.29) is 12.5 Å². The van der Waals surface area contributed by atoms with Gasteiger partial charge in [0.15, 0.2) is 0 Å². The Morgan fingerprint density at radius 1 is 1.35 bits per heavy atom. The number of carbonyl (C=O) groups is 2. The number of carbonyl (C=O) groups excluding carboxylic acids is 1. The second-order valence-corrected chi connectivity index (χ2v) is 4.99. The maximum atomic E-state index is 12.4.